The first-order valence-corrected chi connectivity index (χ1v) is 4.63. The lowest BCUT2D eigenvalue weighted by Crippen LogP contribution is -2.09. The normalized spacial score (nSPS) is 10.6. The van der Waals surface area contributed by atoms with Crippen LogP contribution in [-0.2, 0) is 0 Å². The highest BCUT2D eigenvalue weighted by atomic mass is 16.6. The van der Waals surface area contributed by atoms with Gasteiger partial charge in [0.1, 0.15) is 6.07 Å². The zero-order valence-electron chi connectivity index (χ0n) is 8.67. The molecule has 0 atom stereocenters. The number of nitriles is 1. The first-order chi connectivity index (χ1) is 7.67. The third kappa shape index (κ3) is 3.06. The second kappa shape index (κ2) is 5.46. The molecule has 0 aromatic heterocycles. The average Bonchev–Trinajstić information content (AvgIpc) is 2.29. The number of hydrogen-bond acceptors (Lipinski definition) is 4. The molecule has 6 nitrogen and oxygen atoms in total. The molecular formula is C10H10N4O2. The number of amidine groups is 1. The molecule has 0 aliphatic carbocycles. The Hall–Kier alpha value is -2.42. The fourth-order valence-corrected chi connectivity index (χ4v) is 1.06. The van der Waals surface area contributed by atoms with E-state index in [2.05, 4.69) is 10.3 Å². The second-order valence-electron chi connectivity index (χ2n) is 2.86. The molecule has 0 saturated heterocycles. The van der Waals surface area contributed by atoms with E-state index in [9.17, 15) is 10.1 Å². The third-order valence-corrected chi connectivity index (χ3v) is 1.76. The van der Waals surface area contributed by atoms with Gasteiger partial charge in [-0.05, 0) is 19.1 Å². The van der Waals surface area contributed by atoms with Crippen molar-refractivity contribution in [1.82, 2.24) is 0 Å². The van der Waals surface area contributed by atoms with Crippen LogP contribution in [0.25, 0.3) is 0 Å². The molecular weight excluding hydrogens is 208 g/mol. The molecule has 0 spiro atoms. The van der Waals surface area contributed by atoms with Gasteiger partial charge in [-0.15, -0.1) is 0 Å². The maximum Gasteiger partial charge on any atom is 0.269 e. The zero-order valence-corrected chi connectivity index (χ0v) is 8.67. The van der Waals surface area contributed by atoms with Crippen LogP contribution in [0.3, 0.4) is 0 Å². The van der Waals surface area contributed by atoms with E-state index in [-0.39, 0.29) is 11.5 Å². The van der Waals surface area contributed by atoms with Gasteiger partial charge < -0.3 is 5.32 Å². The lowest BCUT2D eigenvalue weighted by molar-refractivity contribution is -0.384. The van der Waals surface area contributed by atoms with E-state index in [4.69, 9.17) is 5.26 Å². The van der Waals surface area contributed by atoms with Crippen molar-refractivity contribution >= 4 is 17.2 Å². The van der Waals surface area contributed by atoms with Gasteiger partial charge in [-0.25, -0.2) is 0 Å². The number of nitro benzene ring substituents is 1. The minimum Gasteiger partial charge on any atom is -0.332 e. The molecule has 0 amide bonds. The molecule has 0 bridgehead atoms. The summed E-state index contributed by atoms with van der Waals surface area (Å²) in [4.78, 5) is 13.8. The fraction of sp³-hybridized carbons (Fsp3) is 0.200. The van der Waals surface area contributed by atoms with Gasteiger partial charge in [-0.1, -0.05) is 0 Å². The van der Waals surface area contributed by atoms with Crippen molar-refractivity contribution < 1.29 is 4.92 Å². The van der Waals surface area contributed by atoms with Crippen molar-refractivity contribution in [2.75, 3.05) is 11.9 Å². The lowest BCUT2D eigenvalue weighted by Gasteiger charge is -2.02. The number of benzene rings is 1. The SMILES string of the molecule is CCN=C(C#N)Nc1ccc([N+](=O)[O-])cc1. The van der Waals surface area contributed by atoms with Crippen LogP contribution < -0.4 is 5.32 Å². The quantitative estimate of drug-likeness (QED) is 0.363. The van der Waals surface area contributed by atoms with Crippen molar-refractivity contribution in [3.05, 3.63) is 34.4 Å². The van der Waals surface area contributed by atoms with Crippen LogP contribution >= 0.6 is 0 Å². The maximum atomic E-state index is 10.4. The van der Waals surface area contributed by atoms with Crippen molar-refractivity contribution in [3.63, 3.8) is 0 Å². The van der Waals surface area contributed by atoms with Gasteiger partial charge in [-0.2, -0.15) is 5.26 Å². The van der Waals surface area contributed by atoms with Crippen LogP contribution in [0.15, 0.2) is 29.3 Å². The number of non-ortho nitro benzene ring substituents is 1. The van der Waals surface area contributed by atoms with E-state index in [0.717, 1.165) is 0 Å². The number of nitrogens with zero attached hydrogens (tertiary/aromatic N) is 3. The molecule has 82 valence electrons. The molecule has 1 aromatic rings. The van der Waals surface area contributed by atoms with Gasteiger partial charge in [0.05, 0.1) is 4.92 Å². The number of anilines is 1. The summed E-state index contributed by atoms with van der Waals surface area (Å²) in [5, 5.41) is 21.9. The highest BCUT2D eigenvalue weighted by Gasteiger charge is 2.04. The van der Waals surface area contributed by atoms with Crippen LogP contribution in [-0.4, -0.2) is 17.3 Å². The zero-order chi connectivity index (χ0) is 12.0. The van der Waals surface area contributed by atoms with E-state index >= 15 is 0 Å². The minimum atomic E-state index is -0.477. The Bertz CT molecular complexity index is 445. The maximum absolute atomic E-state index is 10.4. The van der Waals surface area contributed by atoms with Crippen LogP contribution in [0.1, 0.15) is 6.92 Å². The van der Waals surface area contributed by atoms with Gasteiger partial charge >= 0.3 is 0 Å². The van der Waals surface area contributed by atoms with E-state index in [1.165, 1.54) is 24.3 Å². The summed E-state index contributed by atoms with van der Waals surface area (Å²) in [5.41, 5.74) is 0.607. The number of hydrogen-bond donors (Lipinski definition) is 1. The Balaban J connectivity index is 2.80. The molecule has 16 heavy (non-hydrogen) atoms. The Morgan fingerprint density at radius 1 is 1.56 bits per heavy atom. The predicted octanol–water partition coefficient (Wildman–Crippen LogP) is 1.95. The summed E-state index contributed by atoms with van der Waals surface area (Å²) in [6.45, 7) is 2.32. The van der Waals surface area contributed by atoms with Crippen LogP contribution in [0.4, 0.5) is 11.4 Å². The highest BCUT2D eigenvalue weighted by molar-refractivity contribution is 6.06. The summed E-state index contributed by atoms with van der Waals surface area (Å²) < 4.78 is 0. The molecule has 0 fully saturated rings. The van der Waals surface area contributed by atoms with E-state index in [1.54, 1.807) is 0 Å². The smallest absolute Gasteiger partial charge is 0.269 e. The lowest BCUT2D eigenvalue weighted by atomic mass is 10.3. The van der Waals surface area contributed by atoms with Gasteiger partial charge in [0.2, 0.25) is 5.84 Å². The van der Waals surface area contributed by atoms with Crippen molar-refractivity contribution in [2.45, 2.75) is 6.92 Å². The monoisotopic (exact) mass is 218 g/mol. The van der Waals surface area contributed by atoms with Gasteiger partial charge in [0.25, 0.3) is 5.69 Å². The predicted molar refractivity (Wildman–Crippen MR) is 60.3 cm³/mol. The first-order valence-electron chi connectivity index (χ1n) is 4.63. The van der Waals surface area contributed by atoms with Crippen LogP contribution in [0, 0.1) is 21.4 Å². The van der Waals surface area contributed by atoms with Gasteiger partial charge in [0.15, 0.2) is 0 Å². The first kappa shape index (κ1) is 11.7. The highest BCUT2D eigenvalue weighted by Crippen LogP contribution is 2.15. The topological polar surface area (TPSA) is 91.3 Å². The van der Waals surface area contributed by atoms with Crippen LogP contribution in [0.5, 0.6) is 0 Å². The largest absolute Gasteiger partial charge is 0.332 e. The van der Waals surface area contributed by atoms with Gasteiger partial charge in [0, 0.05) is 24.4 Å². The summed E-state index contributed by atoms with van der Waals surface area (Å²) >= 11 is 0. The molecule has 1 N–H and O–H groups in total. The van der Waals surface area contributed by atoms with Gasteiger partial charge in [-0.3, -0.25) is 15.1 Å². The minimum absolute atomic E-state index is 0.0106. The van der Waals surface area contributed by atoms with Crippen molar-refractivity contribution in [2.24, 2.45) is 4.99 Å². The Morgan fingerprint density at radius 3 is 2.62 bits per heavy atom. The fourth-order valence-electron chi connectivity index (χ4n) is 1.06. The standard InChI is InChI=1S/C10H10N4O2/c1-2-12-10(7-11)13-8-3-5-9(6-4-8)14(15)16/h3-6H,2H2,1H3,(H,12,13). The molecule has 6 heteroatoms. The van der Waals surface area contributed by atoms with E-state index < -0.39 is 4.92 Å². The Kier molecular flexibility index (Phi) is 3.98. The Morgan fingerprint density at radius 2 is 2.19 bits per heavy atom. The van der Waals surface area contributed by atoms with E-state index in [1.807, 2.05) is 13.0 Å². The number of nitrogens with one attached hydrogen (secondary N) is 1. The number of rotatable bonds is 3. The van der Waals surface area contributed by atoms with E-state index in [0.29, 0.717) is 12.2 Å². The summed E-state index contributed by atoms with van der Waals surface area (Å²) in [7, 11) is 0. The van der Waals surface area contributed by atoms with Crippen molar-refractivity contribution in [1.29, 1.82) is 5.26 Å². The number of nitro groups is 1. The molecule has 0 saturated carbocycles. The molecule has 1 aromatic carbocycles. The Labute approximate surface area is 92.4 Å². The third-order valence-electron chi connectivity index (χ3n) is 1.76. The molecule has 1 rings (SSSR count). The average molecular weight is 218 g/mol. The molecule has 0 aliphatic rings. The molecule has 0 heterocycles. The summed E-state index contributed by atoms with van der Waals surface area (Å²) in [6, 6.07) is 7.68. The summed E-state index contributed by atoms with van der Waals surface area (Å²) in [6.07, 6.45) is 0. The number of aliphatic imine (C=N–C) groups is 1. The molecule has 0 unspecified atom stereocenters. The van der Waals surface area contributed by atoms with Crippen molar-refractivity contribution in [3.8, 4) is 6.07 Å². The summed E-state index contributed by atoms with van der Waals surface area (Å²) in [5.74, 6) is 0.191. The molecule has 0 radical (unpaired) electrons. The second-order valence-corrected chi connectivity index (χ2v) is 2.86. The molecule has 0 aliphatic heterocycles. The van der Waals surface area contributed by atoms with Crippen LogP contribution in [0.2, 0.25) is 0 Å².